The van der Waals surface area contributed by atoms with E-state index in [1.54, 1.807) is 0 Å². The normalized spacial score (nSPS) is 8.75. The first-order chi connectivity index (χ1) is 5.73. The molecule has 0 rings (SSSR count). The molecule has 0 amide bonds. The topological polar surface area (TPSA) is 212 Å². The van der Waals surface area contributed by atoms with Gasteiger partial charge in [0.1, 0.15) is 0 Å². The fraction of sp³-hybridized carbons (Fsp3) is 0. The molecule has 0 saturated carbocycles. The molecule has 0 saturated heterocycles. The molecule has 11 nitrogen and oxygen atoms in total. The molecule has 0 heterocycles. The first-order valence-corrected chi connectivity index (χ1v) is 4.80. The van der Waals surface area contributed by atoms with Gasteiger partial charge in [-0.15, -0.1) is 0 Å². The molecule has 0 fully saturated rings. The molecule has 0 bridgehead atoms. The second-order valence-electron chi connectivity index (χ2n) is 1.15. The van der Waals surface area contributed by atoms with E-state index in [0.29, 0.717) is 0 Å². The average molecular weight is 334 g/mol. The predicted octanol–water partition coefficient (Wildman–Crippen LogP) is -9.74. The number of hydrogen-bond donors (Lipinski definition) is 4. The van der Waals surface area contributed by atoms with Gasteiger partial charge < -0.3 is 15.0 Å². The van der Waals surface area contributed by atoms with Gasteiger partial charge in [0, 0.05) is 0 Å². The van der Waals surface area contributed by atoms with E-state index in [9.17, 15) is 0 Å². The van der Waals surface area contributed by atoms with Crippen LogP contribution in [0.2, 0.25) is 0 Å². The van der Waals surface area contributed by atoms with Gasteiger partial charge in [0.25, 0.3) is 0 Å². The molecule has 0 aliphatic heterocycles. The number of carbonyl (C=O) groups is 1. The van der Waals surface area contributed by atoms with Crippen molar-refractivity contribution in [3.05, 3.63) is 0 Å². The van der Waals surface area contributed by atoms with E-state index in [1.807, 2.05) is 0 Å². The van der Waals surface area contributed by atoms with E-state index in [-0.39, 0.29) is 103 Å². The Labute approximate surface area is 176 Å². The van der Waals surface area contributed by atoms with Crippen LogP contribution in [0.5, 0.6) is 0 Å². The largest absolute Gasteiger partial charge is 1.00 e. The van der Waals surface area contributed by atoms with Gasteiger partial charge in [-0.25, -0.2) is 0 Å². The first-order valence-electron chi connectivity index (χ1n) is 2.01. The van der Waals surface area contributed by atoms with E-state index >= 15 is 0 Å². The van der Waals surface area contributed by atoms with Crippen molar-refractivity contribution < 1.29 is 153 Å². The van der Waals surface area contributed by atoms with Gasteiger partial charge in [0.15, 0.2) is 0 Å². The van der Waals surface area contributed by atoms with Gasteiger partial charge in [0.05, 0.1) is 0 Å². The molecular formula is CH4K2O11S2. The van der Waals surface area contributed by atoms with Crippen molar-refractivity contribution >= 4 is 27.0 Å². The molecule has 0 aliphatic rings. The van der Waals surface area contributed by atoms with Crippen molar-refractivity contribution in [3.63, 3.8) is 0 Å². The molecule has 0 spiro atoms. The Morgan fingerprint density at radius 3 is 0.750 bits per heavy atom. The SMILES string of the molecule is O=C([O-])[O-].O=S(=O)(O)O.O=S(=O)(O)O.[K+].[K+]. The molecule has 0 atom stereocenters. The van der Waals surface area contributed by atoms with Crippen molar-refractivity contribution in [1.29, 1.82) is 0 Å². The molecule has 0 aliphatic carbocycles. The van der Waals surface area contributed by atoms with Crippen molar-refractivity contribution in [3.8, 4) is 0 Å². The Balaban J connectivity index is -0.0000000358. The van der Waals surface area contributed by atoms with Crippen LogP contribution in [0.1, 0.15) is 0 Å². The summed E-state index contributed by atoms with van der Waals surface area (Å²) in [4.78, 5) is 8.33. The van der Waals surface area contributed by atoms with Crippen molar-refractivity contribution in [1.82, 2.24) is 0 Å². The van der Waals surface area contributed by atoms with Crippen molar-refractivity contribution in [2.75, 3.05) is 0 Å². The fourth-order valence-corrected chi connectivity index (χ4v) is 0. The molecule has 4 N–H and O–H groups in total. The van der Waals surface area contributed by atoms with Crippen LogP contribution in [0.4, 0.5) is 4.79 Å². The molecule has 88 valence electrons. The Morgan fingerprint density at radius 2 is 0.750 bits per heavy atom. The molecule has 0 radical (unpaired) electrons. The van der Waals surface area contributed by atoms with Gasteiger partial charge in [0.2, 0.25) is 0 Å². The van der Waals surface area contributed by atoms with Crippen LogP contribution in [0.15, 0.2) is 0 Å². The zero-order chi connectivity index (χ0) is 12.6. The maximum absolute atomic E-state index is 8.74. The van der Waals surface area contributed by atoms with Gasteiger partial charge in [-0.2, -0.15) is 16.8 Å². The monoisotopic (exact) mass is 334 g/mol. The maximum atomic E-state index is 8.74. The maximum Gasteiger partial charge on any atom is 1.00 e. The Hall–Kier alpha value is 2.28. The molecule has 16 heavy (non-hydrogen) atoms. The fourth-order valence-electron chi connectivity index (χ4n) is 0. The Bertz CT molecular complexity index is 288. The van der Waals surface area contributed by atoms with Crippen molar-refractivity contribution in [2.45, 2.75) is 0 Å². The quantitative estimate of drug-likeness (QED) is 0.241. The van der Waals surface area contributed by atoms with Gasteiger partial charge in [-0.05, 0) is 6.16 Å². The Kier molecular flexibility index (Phi) is 29.7. The van der Waals surface area contributed by atoms with E-state index in [0.717, 1.165) is 0 Å². The zero-order valence-corrected chi connectivity index (χ0v) is 15.8. The average Bonchev–Trinajstić information content (AvgIpc) is 1.45. The smallest absolute Gasteiger partial charge is 0.652 e. The van der Waals surface area contributed by atoms with Gasteiger partial charge >= 0.3 is 124 Å². The van der Waals surface area contributed by atoms with E-state index in [1.165, 1.54) is 0 Å². The van der Waals surface area contributed by atoms with Crippen LogP contribution in [-0.2, 0) is 20.8 Å². The van der Waals surface area contributed by atoms with E-state index < -0.39 is 27.0 Å². The van der Waals surface area contributed by atoms with Crippen LogP contribution >= 0.6 is 0 Å². The first kappa shape index (κ1) is 31.0. The molecule has 0 unspecified atom stereocenters. The number of hydrogen-bond acceptors (Lipinski definition) is 7. The summed E-state index contributed by atoms with van der Waals surface area (Å²) in [5.41, 5.74) is 0. The molecular weight excluding hydrogens is 330 g/mol. The van der Waals surface area contributed by atoms with Crippen LogP contribution in [-0.4, -0.2) is 41.2 Å². The van der Waals surface area contributed by atoms with E-state index in [2.05, 4.69) is 0 Å². The second kappa shape index (κ2) is 15.3. The number of carbonyl (C=O) groups excluding carboxylic acids is 1. The summed E-state index contributed by atoms with van der Waals surface area (Å²) in [6.45, 7) is 0. The zero-order valence-electron chi connectivity index (χ0n) is 7.96. The minimum absolute atomic E-state index is 0. The van der Waals surface area contributed by atoms with E-state index in [4.69, 9.17) is 50.1 Å². The van der Waals surface area contributed by atoms with Crippen LogP contribution < -0.4 is 113 Å². The van der Waals surface area contributed by atoms with Gasteiger partial charge in [-0.3, -0.25) is 18.2 Å². The minimum Gasteiger partial charge on any atom is -0.652 e. The summed E-state index contributed by atoms with van der Waals surface area (Å²) in [7, 11) is -9.33. The summed E-state index contributed by atoms with van der Waals surface area (Å²) in [6.07, 6.45) is -2.33. The second-order valence-corrected chi connectivity index (χ2v) is 2.94. The summed E-state index contributed by atoms with van der Waals surface area (Å²) in [5, 5.41) is 16.7. The molecule has 0 aromatic carbocycles. The Morgan fingerprint density at radius 1 is 0.750 bits per heavy atom. The number of rotatable bonds is 0. The summed E-state index contributed by atoms with van der Waals surface area (Å²) >= 11 is 0. The molecule has 15 heteroatoms. The van der Waals surface area contributed by atoms with Crippen LogP contribution in [0.25, 0.3) is 0 Å². The molecule has 0 aromatic heterocycles. The third-order valence-electron chi connectivity index (χ3n) is 0. The summed E-state index contributed by atoms with van der Waals surface area (Å²) < 4.78 is 63.2. The third-order valence-corrected chi connectivity index (χ3v) is 0. The predicted molar refractivity (Wildman–Crippen MR) is 33.8 cm³/mol. The van der Waals surface area contributed by atoms with Gasteiger partial charge in [-0.1, -0.05) is 0 Å². The molecule has 0 aromatic rings. The third kappa shape index (κ3) is 730. The summed E-state index contributed by atoms with van der Waals surface area (Å²) in [6, 6.07) is 0. The summed E-state index contributed by atoms with van der Waals surface area (Å²) in [5.74, 6) is 0. The minimum atomic E-state index is -4.67. The van der Waals surface area contributed by atoms with Crippen LogP contribution in [0, 0.1) is 0 Å². The van der Waals surface area contributed by atoms with Crippen molar-refractivity contribution in [2.24, 2.45) is 0 Å². The number of carboxylic acid groups (broad SMARTS) is 2. The van der Waals surface area contributed by atoms with Crippen LogP contribution in [0.3, 0.4) is 0 Å². The standard InChI is InChI=1S/CH2O3.2K.2H2O4S/c2-1(3)4;;;2*1-5(2,3)4/h(H2,2,3,4);;;2*(H2,1,2,3,4)/q;2*+1;;/p-2.